The second-order valence-electron chi connectivity index (χ2n) is 4.02. The monoisotopic (exact) mass is 235 g/mol. The van der Waals surface area contributed by atoms with Gasteiger partial charge in [0.1, 0.15) is 0 Å². The maximum Gasteiger partial charge on any atom is 0.206 e. The minimum atomic E-state index is -3.55. The first kappa shape index (κ1) is 12.7. The summed E-state index contributed by atoms with van der Waals surface area (Å²) in [4.78, 5) is 19.9. The van der Waals surface area contributed by atoms with Crippen LogP contribution in [-0.4, -0.2) is 33.9 Å². The smallest absolute Gasteiger partial charge is 0.206 e. The minimum Gasteiger partial charge on any atom is -0.550 e. The summed E-state index contributed by atoms with van der Waals surface area (Å²) >= 11 is 0. The number of carbonyl (C=O) groups is 1. The van der Waals surface area contributed by atoms with E-state index in [1.165, 1.54) is 0 Å². The van der Waals surface area contributed by atoms with Gasteiger partial charge in [-0.25, -0.2) is 0 Å². The van der Waals surface area contributed by atoms with E-state index in [-0.39, 0.29) is 6.16 Å². The molecule has 5 nitrogen and oxygen atoms in total. The van der Waals surface area contributed by atoms with E-state index in [0.29, 0.717) is 12.8 Å². The molecule has 0 aliphatic heterocycles. The normalized spacial score (nSPS) is 30.8. The van der Waals surface area contributed by atoms with Gasteiger partial charge in [0.15, 0.2) is 0 Å². The van der Waals surface area contributed by atoms with Crippen LogP contribution in [0.3, 0.4) is 0 Å². The fraction of sp³-hybridized carbons (Fsp3) is 0.889. The third-order valence-electron chi connectivity index (χ3n) is 2.85. The van der Waals surface area contributed by atoms with Gasteiger partial charge in [0.2, 0.25) is 7.37 Å². The highest BCUT2D eigenvalue weighted by Gasteiger charge is 2.37. The molecule has 1 unspecified atom stereocenters. The number of rotatable bonds is 4. The molecular formula is C9H16O5P-. The van der Waals surface area contributed by atoms with Crippen LogP contribution in [0, 0.1) is 0 Å². The van der Waals surface area contributed by atoms with Crippen molar-refractivity contribution in [3.05, 3.63) is 0 Å². The predicted molar refractivity (Wildman–Crippen MR) is 52.6 cm³/mol. The quantitative estimate of drug-likeness (QED) is 0.652. The first-order valence-corrected chi connectivity index (χ1v) is 7.04. The molecular weight excluding hydrogens is 219 g/mol. The van der Waals surface area contributed by atoms with E-state index in [1.54, 1.807) is 0 Å². The standard InChI is InChI=1S/C9H17O5P/c10-7-3-1-2-4-8(7)15(13,14)6-5-9(11)12/h7-8,10H,1-6H2,(H,11,12)(H,13,14)/p-1/t7-,8-/m1/s1. The van der Waals surface area contributed by atoms with E-state index in [0.717, 1.165) is 12.8 Å². The van der Waals surface area contributed by atoms with Crippen molar-refractivity contribution in [3.8, 4) is 0 Å². The minimum absolute atomic E-state index is 0.295. The van der Waals surface area contributed by atoms with Gasteiger partial charge < -0.3 is 19.9 Å². The molecule has 1 aliphatic carbocycles. The molecule has 0 heterocycles. The molecule has 0 aromatic carbocycles. The van der Waals surface area contributed by atoms with Gasteiger partial charge in [-0.2, -0.15) is 0 Å². The van der Waals surface area contributed by atoms with Gasteiger partial charge in [-0.1, -0.05) is 12.8 Å². The molecule has 3 atom stereocenters. The van der Waals surface area contributed by atoms with Crippen molar-refractivity contribution >= 4 is 13.3 Å². The highest BCUT2D eigenvalue weighted by molar-refractivity contribution is 7.58. The Morgan fingerprint density at radius 2 is 2.00 bits per heavy atom. The lowest BCUT2D eigenvalue weighted by Crippen LogP contribution is -2.31. The van der Waals surface area contributed by atoms with E-state index in [2.05, 4.69) is 0 Å². The van der Waals surface area contributed by atoms with E-state index in [4.69, 9.17) is 0 Å². The lowest BCUT2D eigenvalue weighted by molar-refractivity contribution is -0.305. The molecule has 2 N–H and O–H groups in total. The van der Waals surface area contributed by atoms with Gasteiger partial charge in [-0.3, -0.25) is 4.57 Å². The second-order valence-corrected chi connectivity index (χ2v) is 6.64. The predicted octanol–water partition coefficient (Wildman–Crippen LogP) is -0.300. The summed E-state index contributed by atoms with van der Waals surface area (Å²) < 4.78 is 11.8. The highest BCUT2D eigenvalue weighted by atomic mass is 31.2. The Labute approximate surface area is 88.6 Å². The summed E-state index contributed by atoms with van der Waals surface area (Å²) in [5.41, 5.74) is -0.648. The lowest BCUT2D eigenvalue weighted by Gasteiger charge is -2.31. The maximum absolute atomic E-state index is 11.8. The summed E-state index contributed by atoms with van der Waals surface area (Å²) in [5.74, 6) is -1.32. The summed E-state index contributed by atoms with van der Waals surface area (Å²) in [7, 11) is -3.55. The van der Waals surface area contributed by atoms with Gasteiger partial charge in [0.25, 0.3) is 0 Å². The molecule has 0 bridgehead atoms. The molecule has 1 fully saturated rings. The van der Waals surface area contributed by atoms with Crippen molar-refractivity contribution in [1.82, 2.24) is 0 Å². The summed E-state index contributed by atoms with van der Waals surface area (Å²) in [5, 5.41) is 19.8. The van der Waals surface area contributed by atoms with Crippen molar-refractivity contribution in [2.24, 2.45) is 0 Å². The number of hydrogen-bond donors (Lipinski definition) is 2. The number of aliphatic hydroxyl groups excluding tert-OH is 1. The topological polar surface area (TPSA) is 97.7 Å². The number of aliphatic hydroxyl groups is 1. The molecule has 6 heteroatoms. The molecule has 0 radical (unpaired) electrons. The lowest BCUT2D eigenvalue weighted by atomic mass is 9.97. The van der Waals surface area contributed by atoms with E-state index >= 15 is 0 Å². The summed E-state index contributed by atoms with van der Waals surface area (Å²) in [6.07, 6.45) is 1.23. The third-order valence-corrected chi connectivity index (χ3v) is 5.35. The van der Waals surface area contributed by atoms with E-state index in [1.807, 2.05) is 0 Å². The number of aliphatic carboxylic acids is 1. The Kier molecular flexibility index (Phi) is 4.32. The molecule has 0 aromatic heterocycles. The largest absolute Gasteiger partial charge is 0.550 e. The Balaban J connectivity index is 2.58. The van der Waals surface area contributed by atoms with Crippen molar-refractivity contribution in [1.29, 1.82) is 0 Å². The van der Waals surface area contributed by atoms with Gasteiger partial charge in [0.05, 0.1) is 11.8 Å². The van der Waals surface area contributed by atoms with Crippen LogP contribution in [0.1, 0.15) is 32.1 Å². The Hall–Kier alpha value is -0.380. The molecule has 0 amide bonds. The first-order valence-electron chi connectivity index (χ1n) is 5.13. The highest BCUT2D eigenvalue weighted by Crippen LogP contribution is 2.52. The van der Waals surface area contributed by atoms with Crippen LogP contribution in [0.2, 0.25) is 0 Å². The average Bonchev–Trinajstić information content (AvgIpc) is 2.15. The molecule has 0 spiro atoms. The number of hydrogen-bond acceptors (Lipinski definition) is 4. The molecule has 1 saturated carbocycles. The van der Waals surface area contributed by atoms with Crippen molar-refractivity contribution < 1.29 is 24.5 Å². The Morgan fingerprint density at radius 1 is 1.40 bits per heavy atom. The summed E-state index contributed by atoms with van der Waals surface area (Å²) in [6, 6.07) is 0. The number of carboxylic acid groups (broad SMARTS) is 1. The zero-order valence-corrected chi connectivity index (χ0v) is 9.36. The zero-order chi connectivity index (χ0) is 11.5. The van der Waals surface area contributed by atoms with Crippen molar-refractivity contribution in [2.75, 3.05) is 6.16 Å². The van der Waals surface area contributed by atoms with Crippen LogP contribution in [0.25, 0.3) is 0 Å². The fourth-order valence-electron chi connectivity index (χ4n) is 1.98. The molecule has 15 heavy (non-hydrogen) atoms. The van der Waals surface area contributed by atoms with Crippen molar-refractivity contribution in [3.63, 3.8) is 0 Å². The van der Waals surface area contributed by atoms with Crippen LogP contribution in [0.15, 0.2) is 0 Å². The van der Waals surface area contributed by atoms with Gasteiger partial charge in [0, 0.05) is 12.1 Å². The second kappa shape index (κ2) is 5.10. The molecule has 0 saturated heterocycles. The number of carbonyl (C=O) groups excluding carboxylic acids is 1. The van der Waals surface area contributed by atoms with Crippen LogP contribution in [-0.2, 0) is 9.36 Å². The Morgan fingerprint density at radius 3 is 2.53 bits per heavy atom. The van der Waals surface area contributed by atoms with E-state index in [9.17, 15) is 24.5 Å². The molecule has 1 aliphatic rings. The van der Waals surface area contributed by atoms with Crippen LogP contribution >= 0.6 is 7.37 Å². The van der Waals surface area contributed by atoms with Gasteiger partial charge in [-0.15, -0.1) is 0 Å². The average molecular weight is 235 g/mol. The molecule has 0 aromatic rings. The van der Waals surface area contributed by atoms with Crippen LogP contribution < -0.4 is 5.11 Å². The number of carboxylic acids is 1. The molecule has 1 rings (SSSR count). The first-order chi connectivity index (χ1) is 6.93. The summed E-state index contributed by atoms with van der Waals surface area (Å²) in [6.45, 7) is 0. The Bertz CT molecular complexity index is 278. The van der Waals surface area contributed by atoms with Crippen LogP contribution in [0.5, 0.6) is 0 Å². The fourth-order valence-corrected chi connectivity index (χ4v) is 4.09. The zero-order valence-electron chi connectivity index (χ0n) is 8.46. The maximum atomic E-state index is 11.8. The third kappa shape index (κ3) is 3.59. The van der Waals surface area contributed by atoms with Crippen LogP contribution in [0.4, 0.5) is 0 Å². The van der Waals surface area contributed by atoms with Gasteiger partial charge in [-0.05, 0) is 19.3 Å². The van der Waals surface area contributed by atoms with Crippen molar-refractivity contribution in [2.45, 2.75) is 43.9 Å². The SMILES string of the molecule is O=C([O-])CCP(=O)(O)[C@@H]1CCCC[C@H]1O. The van der Waals surface area contributed by atoms with Gasteiger partial charge >= 0.3 is 0 Å². The van der Waals surface area contributed by atoms with E-state index < -0.39 is 31.5 Å². The molecule has 88 valence electrons.